The van der Waals surface area contributed by atoms with Crippen LogP contribution in [-0.2, 0) is 6.42 Å². The van der Waals surface area contributed by atoms with Crippen molar-refractivity contribution in [1.29, 1.82) is 0 Å². The predicted octanol–water partition coefficient (Wildman–Crippen LogP) is 3.40. The summed E-state index contributed by atoms with van der Waals surface area (Å²) < 4.78 is 0. The zero-order valence-electron chi connectivity index (χ0n) is 11.5. The number of nitrogens with zero attached hydrogens (tertiary/aromatic N) is 1. The third-order valence-electron chi connectivity index (χ3n) is 4.36. The SMILES string of the molecule is c1cc2c(cn1)[nH]c1ccc(CC3CCCCN3)cc12. The summed E-state index contributed by atoms with van der Waals surface area (Å²) in [6.07, 6.45) is 8.88. The van der Waals surface area contributed by atoms with E-state index < -0.39 is 0 Å². The zero-order chi connectivity index (χ0) is 13.4. The molecule has 1 aromatic carbocycles. The first kappa shape index (κ1) is 11.9. The topological polar surface area (TPSA) is 40.7 Å². The van der Waals surface area contributed by atoms with Gasteiger partial charge in [0.05, 0.1) is 11.7 Å². The summed E-state index contributed by atoms with van der Waals surface area (Å²) in [5.41, 5.74) is 3.75. The Balaban J connectivity index is 1.71. The fraction of sp³-hybridized carbons (Fsp3) is 0.353. The molecular formula is C17H19N3. The van der Waals surface area contributed by atoms with Crippen LogP contribution >= 0.6 is 0 Å². The number of fused-ring (bicyclic) bond motifs is 3. The number of benzene rings is 1. The van der Waals surface area contributed by atoms with E-state index in [1.165, 1.54) is 47.7 Å². The lowest BCUT2D eigenvalue weighted by molar-refractivity contribution is 0.399. The Morgan fingerprint density at radius 2 is 2.10 bits per heavy atom. The number of rotatable bonds is 2. The molecule has 3 heteroatoms. The Labute approximate surface area is 118 Å². The minimum atomic E-state index is 0.646. The van der Waals surface area contributed by atoms with Crippen molar-refractivity contribution >= 4 is 21.8 Å². The van der Waals surface area contributed by atoms with Crippen molar-refractivity contribution < 1.29 is 0 Å². The van der Waals surface area contributed by atoms with Crippen molar-refractivity contribution in [2.75, 3.05) is 6.54 Å². The normalized spacial score (nSPS) is 19.7. The van der Waals surface area contributed by atoms with E-state index in [2.05, 4.69) is 39.6 Å². The molecule has 1 aliphatic rings. The molecule has 2 N–H and O–H groups in total. The van der Waals surface area contributed by atoms with E-state index in [0.29, 0.717) is 6.04 Å². The summed E-state index contributed by atoms with van der Waals surface area (Å²) in [6.45, 7) is 1.17. The number of nitrogens with one attached hydrogen (secondary N) is 2. The van der Waals surface area contributed by atoms with Gasteiger partial charge in [-0.2, -0.15) is 0 Å². The van der Waals surface area contributed by atoms with Crippen molar-refractivity contribution in [3.8, 4) is 0 Å². The lowest BCUT2D eigenvalue weighted by Crippen LogP contribution is -2.35. The van der Waals surface area contributed by atoms with Gasteiger partial charge in [-0.15, -0.1) is 0 Å². The van der Waals surface area contributed by atoms with E-state index in [4.69, 9.17) is 0 Å². The minimum absolute atomic E-state index is 0.646. The second-order valence-corrected chi connectivity index (χ2v) is 5.78. The monoisotopic (exact) mass is 265 g/mol. The predicted molar refractivity (Wildman–Crippen MR) is 82.9 cm³/mol. The summed E-state index contributed by atoms with van der Waals surface area (Å²) in [4.78, 5) is 7.61. The van der Waals surface area contributed by atoms with E-state index in [1.54, 1.807) is 0 Å². The average molecular weight is 265 g/mol. The van der Waals surface area contributed by atoms with Gasteiger partial charge >= 0.3 is 0 Å². The molecule has 3 aromatic rings. The number of aromatic nitrogens is 2. The fourth-order valence-corrected chi connectivity index (χ4v) is 3.31. The Morgan fingerprint density at radius 3 is 3.00 bits per heavy atom. The van der Waals surface area contributed by atoms with Crippen molar-refractivity contribution in [3.05, 3.63) is 42.2 Å². The molecule has 3 heterocycles. The maximum absolute atomic E-state index is 4.18. The van der Waals surface area contributed by atoms with Crippen LogP contribution in [0.3, 0.4) is 0 Å². The van der Waals surface area contributed by atoms with Crippen LogP contribution in [0.1, 0.15) is 24.8 Å². The minimum Gasteiger partial charge on any atom is -0.353 e. The maximum Gasteiger partial charge on any atom is 0.0651 e. The molecule has 1 atom stereocenters. The molecule has 0 bridgehead atoms. The molecule has 1 aliphatic heterocycles. The number of aromatic amines is 1. The largest absolute Gasteiger partial charge is 0.353 e. The second kappa shape index (κ2) is 4.91. The molecule has 4 rings (SSSR count). The molecule has 0 aliphatic carbocycles. The first-order chi connectivity index (χ1) is 9.90. The summed E-state index contributed by atoms with van der Waals surface area (Å²) in [7, 11) is 0. The van der Waals surface area contributed by atoms with Crippen LogP contribution in [0.5, 0.6) is 0 Å². The lowest BCUT2D eigenvalue weighted by Gasteiger charge is -2.23. The Bertz CT molecular complexity index is 738. The highest BCUT2D eigenvalue weighted by atomic mass is 14.9. The van der Waals surface area contributed by atoms with Gasteiger partial charge < -0.3 is 10.3 Å². The Hall–Kier alpha value is -1.87. The highest BCUT2D eigenvalue weighted by molar-refractivity contribution is 6.06. The molecule has 1 fully saturated rings. The molecule has 3 nitrogen and oxygen atoms in total. The molecule has 1 saturated heterocycles. The Kier molecular flexibility index (Phi) is 2.92. The third kappa shape index (κ3) is 2.08. The summed E-state index contributed by atoms with van der Waals surface area (Å²) in [6, 6.07) is 9.53. The highest BCUT2D eigenvalue weighted by Gasteiger charge is 2.13. The number of pyridine rings is 1. The van der Waals surface area contributed by atoms with Crippen molar-refractivity contribution in [2.24, 2.45) is 0 Å². The van der Waals surface area contributed by atoms with Gasteiger partial charge in [0.1, 0.15) is 0 Å². The molecule has 20 heavy (non-hydrogen) atoms. The average Bonchev–Trinajstić information content (AvgIpc) is 2.86. The zero-order valence-corrected chi connectivity index (χ0v) is 11.5. The Morgan fingerprint density at radius 1 is 1.10 bits per heavy atom. The van der Waals surface area contributed by atoms with Gasteiger partial charge in [0.2, 0.25) is 0 Å². The van der Waals surface area contributed by atoms with E-state index in [9.17, 15) is 0 Å². The lowest BCUT2D eigenvalue weighted by atomic mass is 9.97. The molecule has 0 amide bonds. The summed E-state index contributed by atoms with van der Waals surface area (Å²) in [5, 5.41) is 6.22. The van der Waals surface area contributed by atoms with Gasteiger partial charge in [-0.05, 0) is 49.6 Å². The van der Waals surface area contributed by atoms with E-state index in [0.717, 1.165) is 11.9 Å². The van der Waals surface area contributed by atoms with Crippen LogP contribution in [-0.4, -0.2) is 22.6 Å². The van der Waals surface area contributed by atoms with Crippen LogP contribution in [0.15, 0.2) is 36.7 Å². The van der Waals surface area contributed by atoms with E-state index in [1.807, 2.05) is 12.4 Å². The molecule has 0 saturated carbocycles. The van der Waals surface area contributed by atoms with Crippen LogP contribution in [0.2, 0.25) is 0 Å². The number of piperidine rings is 1. The molecule has 102 valence electrons. The van der Waals surface area contributed by atoms with Gasteiger partial charge in [0, 0.05) is 28.5 Å². The van der Waals surface area contributed by atoms with E-state index >= 15 is 0 Å². The van der Waals surface area contributed by atoms with Crippen LogP contribution in [0, 0.1) is 0 Å². The van der Waals surface area contributed by atoms with Gasteiger partial charge in [0.25, 0.3) is 0 Å². The maximum atomic E-state index is 4.18. The standard InChI is InChI=1S/C17H19N3/c1-2-7-19-13(3-1)9-12-4-5-16-15(10-12)14-6-8-18-11-17(14)20-16/h4-6,8,10-11,13,19-20H,1-3,7,9H2. The summed E-state index contributed by atoms with van der Waals surface area (Å²) >= 11 is 0. The number of hydrogen-bond acceptors (Lipinski definition) is 2. The van der Waals surface area contributed by atoms with Crippen molar-refractivity contribution in [2.45, 2.75) is 31.7 Å². The highest BCUT2D eigenvalue weighted by Crippen LogP contribution is 2.26. The van der Waals surface area contributed by atoms with Crippen molar-refractivity contribution in [1.82, 2.24) is 15.3 Å². The van der Waals surface area contributed by atoms with Gasteiger partial charge in [-0.1, -0.05) is 12.5 Å². The molecular weight excluding hydrogens is 246 g/mol. The number of H-pyrrole nitrogens is 1. The van der Waals surface area contributed by atoms with Crippen molar-refractivity contribution in [3.63, 3.8) is 0 Å². The third-order valence-corrected chi connectivity index (χ3v) is 4.36. The van der Waals surface area contributed by atoms with Crippen LogP contribution in [0.25, 0.3) is 21.8 Å². The molecule has 1 unspecified atom stereocenters. The molecule has 0 spiro atoms. The van der Waals surface area contributed by atoms with Gasteiger partial charge in [-0.25, -0.2) is 0 Å². The smallest absolute Gasteiger partial charge is 0.0651 e. The van der Waals surface area contributed by atoms with Crippen LogP contribution < -0.4 is 5.32 Å². The molecule has 2 aromatic heterocycles. The first-order valence-corrected chi connectivity index (χ1v) is 7.48. The summed E-state index contributed by atoms with van der Waals surface area (Å²) in [5.74, 6) is 0. The number of hydrogen-bond donors (Lipinski definition) is 2. The first-order valence-electron chi connectivity index (χ1n) is 7.48. The fourth-order valence-electron chi connectivity index (χ4n) is 3.31. The van der Waals surface area contributed by atoms with E-state index in [-0.39, 0.29) is 0 Å². The van der Waals surface area contributed by atoms with Gasteiger partial charge in [-0.3, -0.25) is 4.98 Å². The van der Waals surface area contributed by atoms with Crippen LogP contribution in [0.4, 0.5) is 0 Å². The molecule has 0 radical (unpaired) electrons. The van der Waals surface area contributed by atoms with Gasteiger partial charge in [0.15, 0.2) is 0 Å². The second-order valence-electron chi connectivity index (χ2n) is 5.78. The quantitative estimate of drug-likeness (QED) is 0.745.